The summed E-state index contributed by atoms with van der Waals surface area (Å²) in [5.41, 5.74) is 0.920. The number of likely N-dealkylation sites (N-methyl/N-ethyl adjacent to an activating group) is 2. The Labute approximate surface area is 277 Å². The summed E-state index contributed by atoms with van der Waals surface area (Å²) in [6, 6.07) is 7.93. The molecule has 0 heterocycles. The molecule has 0 bridgehead atoms. The van der Waals surface area contributed by atoms with Crippen molar-refractivity contribution in [1.82, 2.24) is 20.4 Å². The summed E-state index contributed by atoms with van der Waals surface area (Å²) < 4.78 is 0. The number of aliphatic hydroxyl groups excluding tert-OH is 2. The van der Waals surface area contributed by atoms with Gasteiger partial charge in [0.25, 0.3) is 0 Å². The first kappa shape index (κ1) is 39.2. The molecule has 4 N–H and O–H groups in total. The second-order valence-electron chi connectivity index (χ2n) is 13.6. The zero-order valence-corrected chi connectivity index (χ0v) is 28.9. The fourth-order valence-corrected chi connectivity index (χ4v) is 6.15. The number of terminal acetylenes is 1. The van der Waals surface area contributed by atoms with Crippen molar-refractivity contribution in [3.05, 3.63) is 35.9 Å². The van der Waals surface area contributed by atoms with Gasteiger partial charge in [0, 0.05) is 33.0 Å². The van der Waals surface area contributed by atoms with Crippen molar-refractivity contribution < 1.29 is 24.6 Å². The average Bonchev–Trinajstić information content (AvgIpc) is 3.04. The summed E-state index contributed by atoms with van der Waals surface area (Å²) in [5, 5.41) is 27.9. The van der Waals surface area contributed by atoms with Crippen LogP contribution in [0, 0.1) is 30.1 Å². The monoisotopic (exact) mass is 640 g/mol. The number of benzene rings is 1. The lowest BCUT2D eigenvalue weighted by Crippen LogP contribution is -2.56. The van der Waals surface area contributed by atoms with Crippen LogP contribution in [0.5, 0.6) is 0 Å². The summed E-state index contributed by atoms with van der Waals surface area (Å²) in [4.78, 5) is 44.7. The molecule has 5 atom stereocenters. The predicted molar refractivity (Wildman–Crippen MR) is 184 cm³/mol. The van der Waals surface area contributed by atoms with Gasteiger partial charge in [-0.05, 0) is 56.7 Å². The standard InChI is InChI=1S/C37H60N4O5/c1-7-9-20-31(37(46)39-32(25-29-18-14-11-15-19-29)35(44)33(42)23-27(3)4)38-36(45)30(24-28-16-12-10-13-17-28)26-34(43)41(6)22-21-40(5)8-2/h1,10,12-13,16-17,27,29-33,35,42,44H,8-9,11,14-15,18-26H2,2-6H3,(H,38,45)(H,39,46)/t30?,31-,32?,33?,35+/m0/s1. The van der Waals surface area contributed by atoms with Crippen molar-refractivity contribution in [2.45, 2.75) is 116 Å². The number of rotatable bonds is 20. The number of amides is 3. The van der Waals surface area contributed by atoms with Crippen LogP contribution in [-0.2, 0) is 20.8 Å². The van der Waals surface area contributed by atoms with Gasteiger partial charge in [-0.1, -0.05) is 83.2 Å². The number of aliphatic hydroxyl groups is 2. The van der Waals surface area contributed by atoms with Gasteiger partial charge in [0.15, 0.2) is 0 Å². The number of nitrogens with zero attached hydrogens (tertiary/aromatic N) is 2. The molecule has 0 spiro atoms. The Kier molecular flexibility index (Phi) is 18.0. The Balaban J connectivity index is 2.24. The van der Waals surface area contributed by atoms with E-state index in [1.807, 2.05) is 51.2 Å². The first-order valence-corrected chi connectivity index (χ1v) is 17.3. The molecule has 0 aliphatic heterocycles. The highest BCUT2D eigenvalue weighted by Gasteiger charge is 2.34. The third kappa shape index (κ3) is 14.2. The molecule has 0 radical (unpaired) electrons. The molecular formula is C37H60N4O5. The quantitative estimate of drug-likeness (QED) is 0.161. The van der Waals surface area contributed by atoms with Gasteiger partial charge in [0.2, 0.25) is 17.7 Å². The van der Waals surface area contributed by atoms with Crippen molar-refractivity contribution in [3.63, 3.8) is 0 Å². The molecular weight excluding hydrogens is 580 g/mol. The van der Waals surface area contributed by atoms with E-state index in [1.165, 1.54) is 6.42 Å². The third-order valence-corrected chi connectivity index (χ3v) is 9.27. The molecule has 1 aromatic rings. The Hall–Kier alpha value is -2.93. The van der Waals surface area contributed by atoms with Crippen LogP contribution in [0.1, 0.15) is 90.5 Å². The second-order valence-corrected chi connectivity index (χ2v) is 13.6. The minimum Gasteiger partial charge on any atom is -0.390 e. The fourth-order valence-electron chi connectivity index (χ4n) is 6.15. The molecule has 3 unspecified atom stereocenters. The van der Waals surface area contributed by atoms with E-state index in [1.54, 1.807) is 11.9 Å². The van der Waals surface area contributed by atoms with Gasteiger partial charge in [-0.15, -0.1) is 12.3 Å². The van der Waals surface area contributed by atoms with Gasteiger partial charge in [-0.2, -0.15) is 0 Å². The summed E-state index contributed by atoms with van der Waals surface area (Å²) in [7, 11) is 3.74. The maximum atomic E-state index is 13.9. The summed E-state index contributed by atoms with van der Waals surface area (Å²) >= 11 is 0. The molecule has 258 valence electrons. The van der Waals surface area contributed by atoms with Gasteiger partial charge in [-0.25, -0.2) is 0 Å². The van der Waals surface area contributed by atoms with Crippen LogP contribution in [-0.4, -0.2) is 95.8 Å². The predicted octanol–water partition coefficient (Wildman–Crippen LogP) is 3.77. The Morgan fingerprint density at radius 1 is 1.00 bits per heavy atom. The molecule has 2 rings (SSSR count). The largest absolute Gasteiger partial charge is 0.390 e. The van der Waals surface area contributed by atoms with E-state index in [9.17, 15) is 24.6 Å². The van der Waals surface area contributed by atoms with Gasteiger partial charge in [0.1, 0.15) is 12.1 Å². The minimum atomic E-state index is -1.14. The molecule has 9 heteroatoms. The van der Waals surface area contributed by atoms with Crippen LogP contribution in [0.3, 0.4) is 0 Å². The number of carbonyl (C=O) groups is 3. The van der Waals surface area contributed by atoms with Gasteiger partial charge < -0.3 is 30.6 Å². The lowest BCUT2D eigenvalue weighted by Gasteiger charge is -2.34. The molecule has 1 aliphatic rings. The number of hydrogen-bond donors (Lipinski definition) is 4. The van der Waals surface area contributed by atoms with E-state index < -0.39 is 42.0 Å². The highest BCUT2D eigenvalue weighted by Crippen LogP contribution is 2.29. The molecule has 1 aliphatic carbocycles. The molecule has 9 nitrogen and oxygen atoms in total. The van der Waals surface area contributed by atoms with Crippen LogP contribution < -0.4 is 10.6 Å². The first-order valence-electron chi connectivity index (χ1n) is 17.3. The molecule has 1 fully saturated rings. The summed E-state index contributed by atoms with van der Waals surface area (Å²) in [6.45, 7) is 8.16. The fraction of sp³-hybridized carbons (Fsp3) is 0.703. The molecule has 46 heavy (non-hydrogen) atoms. The van der Waals surface area contributed by atoms with Gasteiger partial charge >= 0.3 is 0 Å². The van der Waals surface area contributed by atoms with E-state index in [0.29, 0.717) is 31.7 Å². The number of nitrogens with one attached hydrogen (secondary N) is 2. The normalized spacial score (nSPS) is 17.0. The maximum absolute atomic E-state index is 13.9. The van der Waals surface area contributed by atoms with Crippen molar-refractivity contribution in [3.8, 4) is 12.3 Å². The number of carbonyl (C=O) groups excluding carboxylic acids is 3. The van der Waals surface area contributed by atoms with E-state index in [4.69, 9.17) is 6.42 Å². The molecule has 0 saturated heterocycles. The SMILES string of the molecule is C#CCC[C@H](NC(=O)C(CC(=O)N(C)CCN(C)CC)Cc1ccccc1)C(=O)NC(CC1CCCCC1)[C@@H](O)C(O)CC(C)C. The highest BCUT2D eigenvalue weighted by molar-refractivity contribution is 5.91. The molecule has 1 saturated carbocycles. The van der Waals surface area contributed by atoms with Crippen LogP contribution in [0.2, 0.25) is 0 Å². The highest BCUT2D eigenvalue weighted by atomic mass is 16.3. The molecule has 0 aromatic heterocycles. The number of hydrogen-bond acceptors (Lipinski definition) is 6. The van der Waals surface area contributed by atoms with Gasteiger partial charge in [-0.3, -0.25) is 14.4 Å². The second kappa shape index (κ2) is 21.0. The van der Waals surface area contributed by atoms with Crippen LogP contribution in [0.25, 0.3) is 0 Å². The Morgan fingerprint density at radius 3 is 2.28 bits per heavy atom. The summed E-state index contributed by atoms with van der Waals surface area (Å²) in [5.74, 6) is 1.42. The van der Waals surface area contributed by atoms with Crippen molar-refractivity contribution in [1.29, 1.82) is 0 Å². The maximum Gasteiger partial charge on any atom is 0.242 e. The molecule has 3 amide bonds. The lowest BCUT2D eigenvalue weighted by atomic mass is 9.82. The van der Waals surface area contributed by atoms with Crippen LogP contribution >= 0.6 is 0 Å². The first-order chi connectivity index (χ1) is 21.9. The third-order valence-electron chi connectivity index (χ3n) is 9.27. The topological polar surface area (TPSA) is 122 Å². The smallest absolute Gasteiger partial charge is 0.242 e. The Morgan fingerprint density at radius 2 is 1.67 bits per heavy atom. The van der Waals surface area contributed by atoms with E-state index >= 15 is 0 Å². The van der Waals surface area contributed by atoms with Crippen molar-refractivity contribution >= 4 is 17.7 Å². The average molecular weight is 641 g/mol. The van der Waals surface area contributed by atoms with Crippen molar-refractivity contribution in [2.24, 2.45) is 17.8 Å². The van der Waals surface area contributed by atoms with Crippen LogP contribution in [0.15, 0.2) is 30.3 Å². The van der Waals surface area contributed by atoms with E-state index in [2.05, 4.69) is 28.4 Å². The zero-order valence-electron chi connectivity index (χ0n) is 28.9. The van der Waals surface area contributed by atoms with E-state index in [0.717, 1.165) is 44.3 Å². The van der Waals surface area contributed by atoms with Crippen LogP contribution in [0.4, 0.5) is 0 Å². The summed E-state index contributed by atoms with van der Waals surface area (Å²) in [6.07, 6.45) is 10.7. The zero-order chi connectivity index (χ0) is 34.1. The lowest BCUT2D eigenvalue weighted by molar-refractivity contribution is -0.137. The Bertz CT molecular complexity index is 1080. The van der Waals surface area contributed by atoms with Gasteiger partial charge in [0.05, 0.1) is 18.1 Å². The minimum absolute atomic E-state index is 0.000951. The van der Waals surface area contributed by atoms with E-state index in [-0.39, 0.29) is 31.1 Å². The van der Waals surface area contributed by atoms with Crippen molar-refractivity contribution in [2.75, 3.05) is 33.7 Å². The molecule has 1 aromatic carbocycles.